The molecule has 1 aromatic heterocycles. The molecule has 0 radical (unpaired) electrons. The van der Waals surface area contributed by atoms with E-state index in [9.17, 15) is 27.6 Å². The smallest absolute Gasteiger partial charge is 0.411 e. The number of hydrogen-bond acceptors (Lipinski definition) is 12. The average molecular weight is 676 g/mol. The van der Waals surface area contributed by atoms with E-state index >= 15 is 0 Å². The zero-order valence-electron chi connectivity index (χ0n) is 27.4. The number of carbonyl (C=O) groups excluding carboxylic acids is 4. The number of methoxy groups -OCH3 is 2. The van der Waals surface area contributed by atoms with Gasteiger partial charge in [0.25, 0.3) is 0 Å². The molecule has 4 atom stereocenters. The van der Waals surface area contributed by atoms with Crippen molar-refractivity contribution in [2.45, 2.75) is 89.6 Å². The van der Waals surface area contributed by atoms with Crippen molar-refractivity contribution in [2.75, 3.05) is 20.8 Å². The number of carbonyl (C=O) groups is 4. The number of ether oxygens (including phenoxy) is 4. The zero-order chi connectivity index (χ0) is 34.4. The van der Waals surface area contributed by atoms with E-state index in [1.165, 1.54) is 4.90 Å². The van der Waals surface area contributed by atoms with Crippen LogP contribution in [-0.2, 0) is 38.3 Å². The van der Waals surface area contributed by atoms with Crippen molar-refractivity contribution in [3.05, 3.63) is 30.5 Å². The molecular weight excluding hydrogens is 634 g/mol. The minimum absolute atomic E-state index is 0.0216. The van der Waals surface area contributed by atoms with Crippen LogP contribution in [0.3, 0.4) is 0 Å². The molecule has 1 aliphatic heterocycles. The second kappa shape index (κ2) is 12.6. The Morgan fingerprint density at radius 2 is 1.83 bits per heavy atom. The van der Waals surface area contributed by atoms with Crippen LogP contribution >= 0.6 is 0 Å². The fourth-order valence-corrected chi connectivity index (χ4v) is 7.33. The number of nitrogens with one attached hydrogen (secondary N) is 1. The number of aromatic nitrogens is 1. The van der Waals surface area contributed by atoms with Gasteiger partial charge in [0.05, 0.1) is 32.2 Å². The fourth-order valence-electron chi connectivity index (χ4n) is 6.20. The highest BCUT2D eigenvalue weighted by Gasteiger charge is 2.62. The average Bonchev–Trinajstić information content (AvgIpc) is 3.89. The van der Waals surface area contributed by atoms with Crippen molar-refractivity contribution in [3.8, 4) is 11.6 Å². The molecule has 3 aliphatic rings. The van der Waals surface area contributed by atoms with E-state index in [2.05, 4.69) is 9.72 Å². The molecule has 1 saturated heterocycles. The van der Waals surface area contributed by atoms with E-state index in [1.807, 2.05) is 29.8 Å². The first-order valence-corrected chi connectivity index (χ1v) is 16.9. The fraction of sp³-hybridized carbons (Fsp3) is 0.594. The van der Waals surface area contributed by atoms with Crippen molar-refractivity contribution in [1.29, 1.82) is 0 Å². The van der Waals surface area contributed by atoms with Gasteiger partial charge >= 0.3 is 22.4 Å². The van der Waals surface area contributed by atoms with Gasteiger partial charge in [-0.3, -0.25) is 14.5 Å². The maximum Gasteiger partial charge on any atom is 0.411 e. The van der Waals surface area contributed by atoms with Gasteiger partial charge in [-0.05, 0) is 75.6 Å². The summed E-state index contributed by atoms with van der Waals surface area (Å²) in [6.45, 7) is 7.00. The Hall–Kier alpha value is -3.98. The number of pyridine rings is 1. The Kier molecular flexibility index (Phi) is 9.18. The first kappa shape index (κ1) is 34.4. The van der Waals surface area contributed by atoms with Crippen molar-refractivity contribution < 1.29 is 50.7 Å². The van der Waals surface area contributed by atoms with Gasteiger partial charge in [-0.2, -0.15) is 8.42 Å². The second-order valence-electron chi connectivity index (χ2n) is 13.4. The number of amides is 2. The van der Waals surface area contributed by atoms with Crippen LogP contribution in [0.2, 0.25) is 0 Å². The molecule has 1 aromatic carbocycles. The number of likely N-dealkylation sites (tertiary alicyclic amines) is 1. The summed E-state index contributed by atoms with van der Waals surface area (Å²) in [7, 11) is -2.02. The van der Waals surface area contributed by atoms with Crippen molar-refractivity contribution in [1.82, 2.24) is 14.6 Å². The Balaban J connectivity index is 1.35. The van der Waals surface area contributed by atoms with Crippen LogP contribution in [0.1, 0.15) is 66.2 Å². The topological polar surface area (TPSA) is 177 Å². The molecule has 2 aliphatic carbocycles. The lowest BCUT2D eigenvalue weighted by Crippen LogP contribution is -2.46. The largest absolute Gasteiger partial charge is 0.497 e. The van der Waals surface area contributed by atoms with Crippen LogP contribution in [0.15, 0.2) is 30.5 Å². The van der Waals surface area contributed by atoms with E-state index in [0.29, 0.717) is 18.1 Å². The summed E-state index contributed by atoms with van der Waals surface area (Å²) in [5.41, 5.74) is -3.84. The number of esters is 1. The van der Waals surface area contributed by atoms with Gasteiger partial charge in [-0.25, -0.2) is 23.5 Å². The van der Waals surface area contributed by atoms with Crippen molar-refractivity contribution in [3.63, 3.8) is 0 Å². The van der Waals surface area contributed by atoms with Gasteiger partial charge in [0.15, 0.2) is 11.4 Å². The number of fused-ring (bicyclic) bond motifs is 1. The van der Waals surface area contributed by atoms with Crippen LogP contribution in [-0.4, -0.2) is 86.2 Å². The minimum Gasteiger partial charge on any atom is -0.497 e. The predicted molar refractivity (Wildman–Crippen MR) is 167 cm³/mol. The molecule has 0 unspecified atom stereocenters. The van der Waals surface area contributed by atoms with Crippen molar-refractivity contribution in [2.24, 2.45) is 11.3 Å². The highest BCUT2D eigenvalue weighted by atomic mass is 32.2. The summed E-state index contributed by atoms with van der Waals surface area (Å²) in [6, 6.07) is 6.24. The zero-order valence-corrected chi connectivity index (χ0v) is 28.2. The quantitative estimate of drug-likeness (QED) is 0.325. The van der Waals surface area contributed by atoms with Crippen LogP contribution in [0.5, 0.6) is 11.6 Å². The third kappa shape index (κ3) is 7.30. The molecule has 0 bridgehead atoms. The van der Waals surface area contributed by atoms with Crippen LogP contribution in [0.25, 0.3) is 10.8 Å². The maximum atomic E-state index is 14.0. The van der Waals surface area contributed by atoms with E-state index < -0.39 is 62.8 Å². The number of rotatable bonds is 12. The monoisotopic (exact) mass is 675 g/mol. The summed E-state index contributed by atoms with van der Waals surface area (Å²) in [4.78, 5) is 58.6. The van der Waals surface area contributed by atoms with Crippen molar-refractivity contribution >= 4 is 44.8 Å². The third-order valence-corrected chi connectivity index (χ3v) is 9.86. The molecule has 3 fully saturated rings. The Morgan fingerprint density at radius 3 is 2.43 bits per heavy atom. The van der Waals surface area contributed by atoms with E-state index in [4.69, 9.17) is 18.4 Å². The molecule has 2 aromatic rings. The van der Waals surface area contributed by atoms with Gasteiger partial charge in [0.2, 0.25) is 11.8 Å². The number of ketones is 1. The normalized spacial score (nSPS) is 24.7. The molecule has 5 rings (SSSR count). The Bertz CT molecular complexity index is 1680. The van der Waals surface area contributed by atoms with Crippen LogP contribution in [0, 0.1) is 11.3 Å². The van der Waals surface area contributed by atoms with Gasteiger partial charge in [0.1, 0.15) is 17.5 Å². The molecule has 15 heteroatoms. The van der Waals surface area contributed by atoms with Gasteiger partial charge in [-0.1, -0.05) is 13.3 Å². The molecule has 0 spiro atoms. The van der Waals surface area contributed by atoms with E-state index in [-0.39, 0.29) is 44.6 Å². The number of Topliss-reactive ketones (excluding diaryl/α,β-unsaturated/α-hetero) is 1. The SMILES string of the molecule is CC[C@@H]1C[C@]1(CC(=O)[C@@H]1C[C@@H](Oc2nccc3cc(OC)ccc23)CN1C(=O)OC(C)(C)C)C(=O)NS(=O)(=O)OC1(C(=O)OC)CC1. The Labute approximate surface area is 273 Å². The molecule has 2 heterocycles. The minimum atomic E-state index is -4.70. The number of nitrogens with zero attached hydrogens (tertiary/aromatic N) is 2. The predicted octanol–water partition coefficient (Wildman–Crippen LogP) is 3.46. The van der Waals surface area contributed by atoms with E-state index in [1.54, 1.807) is 40.1 Å². The Morgan fingerprint density at radius 1 is 1.11 bits per heavy atom. The molecule has 2 saturated carbocycles. The molecular formula is C32H41N3O11S. The third-order valence-electron chi connectivity index (χ3n) is 8.89. The van der Waals surface area contributed by atoms with Gasteiger partial charge in [0, 0.05) is 24.4 Å². The van der Waals surface area contributed by atoms with Gasteiger partial charge < -0.3 is 18.9 Å². The second-order valence-corrected chi connectivity index (χ2v) is 14.7. The highest BCUT2D eigenvalue weighted by Crippen LogP contribution is 2.58. The first-order chi connectivity index (χ1) is 22.0. The molecule has 256 valence electrons. The lowest BCUT2D eigenvalue weighted by molar-refractivity contribution is -0.151. The standard InChI is InChI=1S/C32H41N3O11S/c1-7-20-16-31(20,27(37)34-47(40,41)46-32(11-12-32)28(38)43-6)17-25(36)24-15-22(18-35(24)29(39)45-30(2,3)4)44-26-23-9-8-21(42-5)14-19(23)10-13-33-26/h8-10,13-14,20,22,24H,7,11-12,15-18H2,1-6H3,(H,34,37)/t20-,22-,24+,31-/m1/s1. The first-order valence-electron chi connectivity index (χ1n) is 15.5. The molecule has 2 amide bonds. The summed E-state index contributed by atoms with van der Waals surface area (Å²) in [6.07, 6.45) is 1.06. The molecule has 1 N–H and O–H groups in total. The summed E-state index contributed by atoms with van der Waals surface area (Å²) >= 11 is 0. The number of hydrogen-bond donors (Lipinski definition) is 1. The number of benzene rings is 1. The molecule has 47 heavy (non-hydrogen) atoms. The van der Waals surface area contributed by atoms with Crippen LogP contribution < -0.4 is 14.2 Å². The summed E-state index contributed by atoms with van der Waals surface area (Å²) < 4.78 is 54.4. The lowest BCUT2D eigenvalue weighted by atomic mass is 9.91. The summed E-state index contributed by atoms with van der Waals surface area (Å²) in [5.74, 6) is -1.48. The lowest BCUT2D eigenvalue weighted by Gasteiger charge is -2.28. The van der Waals surface area contributed by atoms with Crippen LogP contribution in [0.4, 0.5) is 4.79 Å². The van der Waals surface area contributed by atoms with Gasteiger partial charge in [-0.15, -0.1) is 0 Å². The molecule has 14 nitrogen and oxygen atoms in total. The van der Waals surface area contributed by atoms with E-state index in [0.717, 1.165) is 17.9 Å². The summed E-state index contributed by atoms with van der Waals surface area (Å²) in [5, 5.41) is 1.55. The maximum absolute atomic E-state index is 14.0. The highest BCUT2D eigenvalue weighted by molar-refractivity contribution is 7.85.